The number of carboxylic acids is 1. The van der Waals surface area contributed by atoms with Gasteiger partial charge in [0.15, 0.2) is 0 Å². The predicted molar refractivity (Wildman–Crippen MR) is 73.1 cm³/mol. The highest BCUT2D eigenvalue weighted by Gasteiger charge is 2.36. The van der Waals surface area contributed by atoms with Crippen LogP contribution in [0, 0.1) is 5.92 Å². The van der Waals surface area contributed by atoms with Crippen LogP contribution in [0.1, 0.15) is 48.0 Å². The van der Waals surface area contributed by atoms with Crippen molar-refractivity contribution in [1.29, 1.82) is 0 Å². The summed E-state index contributed by atoms with van der Waals surface area (Å²) in [5.74, 6) is -0.187. The zero-order valence-electron chi connectivity index (χ0n) is 11.1. The summed E-state index contributed by atoms with van der Waals surface area (Å²) < 4.78 is 0. The molecule has 0 saturated heterocycles. The van der Waals surface area contributed by atoms with Gasteiger partial charge in [0.05, 0.1) is 5.97 Å². The molecule has 1 N–H and O–H groups in total. The van der Waals surface area contributed by atoms with Gasteiger partial charge in [0, 0.05) is 17.6 Å². The molecule has 3 atom stereocenters. The molecule has 1 heterocycles. The van der Waals surface area contributed by atoms with Crippen molar-refractivity contribution in [2.24, 2.45) is 5.92 Å². The highest BCUT2D eigenvalue weighted by Crippen LogP contribution is 2.45. The monoisotopic (exact) mass is 256 g/mol. The molecule has 0 unspecified atom stereocenters. The van der Waals surface area contributed by atoms with Gasteiger partial charge in [-0.2, -0.15) is 0 Å². The van der Waals surface area contributed by atoms with Gasteiger partial charge < -0.3 is 15.2 Å². The van der Waals surface area contributed by atoms with Crippen molar-refractivity contribution in [2.75, 3.05) is 5.32 Å². The van der Waals surface area contributed by atoms with E-state index in [1.165, 1.54) is 0 Å². The third-order valence-corrected chi connectivity index (χ3v) is 4.32. The molecule has 0 fully saturated rings. The van der Waals surface area contributed by atoms with Gasteiger partial charge in [0.2, 0.25) is 0 Å². The van der Waals surface area contributed by atoms with E-state index in [1.807, 2.05) is 6.07 Å². The number of rotatable bonds is 3. The van der Waals surface area contributed by atoms with Crippen molar-refractivity contribution in [3.63, 3.8) is 0 Å². The number of carbonyl (C=O) groups is 1. The Kier molecular flexibility index (Phi) is 3.05. The van der Waals surface area contributed by atoms with E-state index in [0.717, 1.165) is 30.5 Å². The molecule has 100 valence electrons. The molecule has 3 heteroatoms. The second-order valence-corrected chi connectivity index (χ2v) is 5.48. The number of fused-ring (bicyclic) bond motifs is 3. The molecule has 0 bridgehead atoms. The SMILES string of the molecule is CCC[C@@H]1Nc2ccc(C(=O)[O-])cc2[C@H]2C=CC[C@@H]12. The third kappa shape index (κ3) is 2.03. The third-order valence-electron chi connectivity index (χ3n) is 4.32. The van der Waals surface area contributed by atoms with Crippen molar-refractivity contribution in [2.45, 2.75) is 38.1 Å². The molecule has 1 aromatic rings. The van der Waals surface area contributed by atoms with Crippen LogP contribution >= 0.6 is 0 Å². The van der Waals surface area contributed by atoms with Crippen LogP contribution in [0.4, 0.5) is 5.69 Å². The van der Waals surface area contributed by atoms with Gasteiger partial charge in [0.25, 0.3) is 0 Å². The van der Waals surface area contributed by atoms with E-state index < -0.39 is 5.97 Å². The van der Waals surface area contributed by atoms with Crippen LogP contribution in [-0.4, -0.2) is 12.0 Å². The summed E-state index contributed by atoms with van der Waals surface area (Å²) in [4.78, 5) is 11.0. The number of anilines is 1. The molecule has 0 spiro atoms. The minimum Gasteiger partial charge on any atom is -0.545 e. The number of benzene rings is 1. The lowest BCUT2D eigenvalue weighted by Crippen LogP contribution is -2.36. The van der Waals surface area contributed by atoms with E-state index in [2.05, 4.69) is 24.4 Å². The summed E-state index contributed by atoms with van der Waals surface area (Å²) in [6.07, 6.45) is 7.85. The summed E-state index contributed by atoms with van der Waals surface area (Å²) in [6, 6.07) is 5.77. The average Bonchev–Trinajstić information content (AvgIpc) is 2.88. The first-order chi connectivity index (χ1) is 9.20. The standard InChI is InChI=1S/C16H19NO2/c1-2-4-14-12-6-3-5-11(12)13-9-10(16(18)19)7-8-15(13)17-14/h3,5,7-9,11-12,14,17H,2,4,6H2,1H3,(H,18,19)/p-1/t11-,12+,14-/m0/s1. The molecule has 2 aliphatic rings. The van der Waals surface area contributed by atoms with E-state index in [4.69, 9.17) is 0 Å². The lowest BCUT2D eigenvalue weighted by atomic mass is 9.77. The van der Waals surface area contributed by atoms with Gasteiger partial charge in [0.1, 0.15) is 0 Å². The van der Waals surface area contributed by atoms with Crippen LogP contribution in [-0.2, 0) is 0 Å². The van der Waals surface area contributed by atoms with Gasteiger partial charge in [-0.3, -0.25) is 0 Å². The number of hydrogen-bond acceptors (Lipinski definition) is 3. The highest BCUT2D eigenvalue weighted by molar-refractivity contribution is 5.87. The van der Waals surface area contributed by atoms with Crippen LogP contribution in [0.3, 0.4) is 0 Å². The Morgan fingerprint density at radius 2 is 2.32 bits per heavy atom. The lowest BCUT2D eigenvalue weighted by Gasteiger charge is -2.37. The molecule has 0 amide bonds. The molecule has 3 rings (SSSR count). The van der Waals surface area contributed by atoms with E-state index in [1.54, 1.807) is 12.1 Å². The molecular weight excluding hydrogens is 238 g/mol. The fraction of sp³-hybridized carbons (Fsp3) is 0.438. The van der Waals surface area contributed by atoms with E-state index in [9.17, 15) is 9.90 Å². The van der Waals surface area contributed by atoms with E-state index in [-0.39, 0.29) is 5.56 Å². The van der Waals surface area contributed by atoms with Crippen molar-refractivity contribution in [1.82, 2.24) is 0 Å². The topological polar surface area (TPSA) is 52.2 Å². The number of hydrogen-bond donors (Lipinski definition) is 1. The molecule has 1 aromatic carbocycles. The quantitative estimate of drug-likeness (QED) is 0.844. The maximum absolute atomic E-state index is 11.0. The Morgan fingerprint density at radius 1 is 1.47 bits per heavy atom. The first kappa shape index (κ1) is 12.3. The summed E-state index contributed by atoms with van der Waals surface area (Å²) in [5.41, 5.74) is 2.46. The Morgan fingerprint density at radius 3 is 3.05 bits per heavy atom. The maximum Gasteiger partial charge on any atom is 0.0715 e. The summed E-state index contributed by atoms with van der Waals surface area (Å²) >= 11 is 0. The van der Waals surface area contributed by atoms with Gasteiger partial charge in [-0.05, 0) is 42.0 Å². The van der Waals surface area contributed by atoms with Crippen LogP contribution < -0.4 is 10.4 Å². The summed E-state index contributed by atoms with van der Waals surface area (Å²) in [6.45, 7) is 2.20. The zero-order valence-corrected chi connectivity index (χ0v) is 11.1. The highest BCUT2D eigenvalue weighted by atomic mass is 16.4. The van der Waals surface area contributed by atoms with Gasteiger partial charge in [-0.25, -0.2) is 0 Å². The Bertz CT molecular complexity index is 536. The largest absolute Gasteiger partial charge is 0.545 e. The second kappa shape index (κ2) is 4.72. The summed E-state index contributed by atoms with van der Waals surface area (Å²) in [5, 5.41) is 14.6. The lowest BCUT2D eigenvalue weighted by molar-refractivity contribution is -0.255. The average molecular weight is 256 g/mol. The molecule has 0 aromatic heterocycles. The zero-order chi connectivity index (χ0) is 13.4. The van der Waals surface area contributed by atoms with Crippen molar-refractivity contribution >= 4 is 11.7 Å². The Labute approximate surface area is 113 Å². The van der Waals surface area contributed by atoms with Crippen LogP contribution in [0.2, 0.25) is 0 Å². The minimum absolute atomic E-state index is 0.272. The number of carbonyl (C=O) groups excluding carboxylic acids is 1. The van der Waals surface area contributed by atoms with Gasteiger partial charge in [-0.1, -0.05) is 31.6 Å². The van der Waals surface area contributed by atoms with Crippen LogP contribution in [0.5, 0.6) is 0 Å². The van der Waals surface area contributed by atoms with Gasteiger partial charge >= 0.3 is 0 Å². The molecule has 0 saturated carbocycles. The predicted octanol–water partition coefficient (Wildman–Crippen LogP) is 2.30. The molecule has 3 nitrogen and oxygen atoms in total. The second-order valence-electron chi connectivity index (χ2n) is 5.48. The fourth-order valence-corrected chi connectivity index (χ4v) is 3.42. The van der Waals surface area contributed by atoms with Crippen molar-refractivity contribution < 1.29 is 9.90 Å². The fourth-order valence-electron chi connectivity index (χ4n) is 3.42. The molecule has 1 aliphatic heterocycles. The van der Waals surface area contributed by atoms with Crippen LogP contribution in [0.15, 0.2) is 30.4 Å². The van der Waals surface area contributed by atoms with E-state index >= 15 is 0 Å². The van der Waals surface area contributed by atoms with Crippen molar-refractivity contribution in [3.05, 3.63) is 41.5 Å². The molecule has 1 aliphatic carbocycles. The minimum atomic E-state index is -1.10. The Hall–Kier alpha value is -1.77. The Balaban J connectivity index is 2.00. The van der Waals surface area contributed by atoms with Crippen LogP contribution in [0.25, 0.3) is 0 Å². The van der Waals surface area contributed by atoms with E-state index in [0.29, 0.717) is 17.9 Å². The number of aromatic carboxylic acids is 1. The normalized spacial score (nSPS) is 27.5. The van der Waals surface area contributed by atoms with Crippen molar-refractivity contribution in [3.8, 4) is 0 Å². The number of carboxylic acid groups (broad SMARTS) is 1. The molecule has 0 radical (unpaired) electrons. The smallest absolute Gasteiger partial charge is 0.0715 e. The molecule has 19 heavy (non-hydrogen) atoms. The molecular formula is C16H18NO2-. The van der Waals surface area contributed by atoms with Gasteiger partial charge in [-0.15, -0.1) is 0 Å². The number of nitrogens with one attached hydrogen (secondary N) is 1. The maximum atomic E-state index is 11.0. The summed E-state index contributed by atoms with van der Waals surface area (Å²) in [7, 11) is 0. The first-order valence-electron chi connectivity index (χ1n) is 6.99. The first-order valence-corrected chi connectivity index (χ1v) is 6.99. The number of allylic oxidation sites excluding steroid dienone is 2.